The molecule has 3 amide bonds. The SMILES string of the molecule is COc1ccc(C(=O)N2C[C@@H](C)[C@@H](N(C)C)C2)cc1N1CCNC1=O. The van der Waals surface area contributed by atoms with E-state index in [4.69, 9.17) is 4.74 Å². The number of likely N-dealkylation sites (N-methyl/N-ethyl adjacent to an activating group) is 1. The lowest BCUT2D eigenvalue weighted by atomic mass is 10.1. The van der Waals surface area contributed by atoms with E-state index < -0.39 is 0 Å². The van der Waals surface area contributed by atoms with Gasteiger partial charge in [-0.25, -0.2) is 4.79 Å². The highest BCUT2D eigenvalue weighted by Crippen LogP contribution is 2.31. The van der Waals surface area contributed by atoms with Crippen LogP contribution >= 0.6 is 0 Å². The van der Waals surface area contributed by atoms with Gasteiger partial charge in [0, 0.05) is 37.8 Å². The van der Waals surface area contributed by atoms with Crippen LogP contribution in [0.15, 0.2) is 18.2 Å². The van der Waals surface area contributed by atoms with Gasteiger partial charge in [0.2, 0.25) is 0 Å². The van der Waals surface area contributed by atoms with E-state index in [0.717, 1.165) is 13.1 Å². The van der Waals surface area contributed by atoms with Gasteiger partial charge in [-0.15, -0.1) is 0 Å². The highest BCUT2D eigenvalue weighted by Gasteiger charge is 2.34. The number of urea groups is 1. The molecule has 2 fully saturated rings. The lowest BCUT2D eigenvalue weighted by molar-refractivity contribution is 0.0781. The summed E-state index contributed by atoms with van der Waals surface area (Å²) in [5.41, 5.74) is 1.22. The zero-order chi connectivity index (χ0) is 18.1. The highest BCUT2D eigenvalue weighted by molar-refractivity contribution is 6.00. The number of methoxy groups -OCH3 is 1. The number of nitrogens with zero attached hydrogens (tertiary/aromatic N) is 3. The van der Waals surface area contributed by atoms with Crippen molar-refractivity contribution in [1.29, 1.82) is 0 Å². The van der Waals surface area contributed by atoms with Crippen LogP contribution < -0.4 is 15.0 Å². The highest BCUT2D eigenvalue weighted by atomic mass is 16.5. The Morgan fingerprint density at radius 3 is 2.64 bits per heavy atom. The van der Waals surface area contributed by atoms with Crippen molar-refractivity contribution in [2.24, 2.45) is 5.92 Å². The second kappa shape index (κ2) is 6.92. The van der Waals surface area contributed by atoms with Crippen LogP contribution in [0.25, 0.3) is 0 Å². The molecular formula is C18H26N4O3. The molecule has 1 aromatic rings. The van der Waals surface area contributed by atoms with E-state index in [1.165, 1.54) is 0 Å². The Labute approximate surface area is 148 Å². The number of carbonyl (C=O) groups excluding carboxylic acids is 2. The van der Waals surface area contributed by atoms with Gasteiger partial charge in [-0.3, -0.25) is 9.69 Å². The van der Waals surface area contributed by atoms with Crippen LogP contribution in [-0.2, 0) is 0 Å². The van der Waals surface area contributed by atoms with Crippen molar-refractivity contribution in [1.82, 2.24) is 15.1 Å². The van der Waals surface area contributed by atoms with Crippen LogP contribution in [0.2, 0.25) is 0 Å². The molecule has 1 aromatic carbocycles. The van der Waals surface area contributed by atoms with Crippen molar-refractivity contribution < 1.29 is 14.3 Å². The first-order valence-corrected chi connectivity index (χ1v) is 8.61. The molecular weight excluding hydrogens is 320 g/mol. The number of rotatable bonds is 4. The van der Waals surface area contributed by atoms with Crippen LogP contribution in [-0.4, -0.2) is 75.2 Å². The van der Waals surface area contributed by atoms with E-state index in [2.05, 4.69) is 17.1 Å². The predicted octanol–water partition coefficient (Wildman–Crippen LogP) is 1.25. The number of carbonyl (C=O) groups is 2. The summed E-state index contributed by atoms with van der Waals surface area (Å²) in [7, 11) is 5.66. The van der Waals surface area contributed by atoms with Crippen molar-refractivity contribution in [2.45, 2.75) is 13.0 Å². The Morgan fingerprint density at radius 1 is 1.32 bits per heavy atom. The molecule has 2 aliphatic heterocycles. The van der Waals surface area contributed by atoms with E-state index >= 15 is 0 Å². The van der Waals surface area contributed by atoms with E-state index in [1.807, 2.05) is 19.0 Å². The Morgan fingerprint density at radius 2 is 2.08 bits per heavy atom. The van der Waals surface area contributed by atoms with Crippen molar-refractivity contribution in [3.63, 3.8) is 0 Å². The summed E-state index contributed by atoms with van der Waals surface area (Å²) in [4.78, 5) is 30.6. The molecule has 1 N–H and O–H groups in total. The lowest BCUT2D eigenvalue weighted by Gasteiger charge is -2.23. The van der Waals surface area contributed by atoms with Crippen LogP contribution in [0.4, 0.5) is 10.5 Å². The molecule has 0 radical (unpaired) electrons. The maximum Gasteiger partial charge on any atom is 0.322 e. The smallest absolute Gasteiger partial charge is 0.322 e. The van der Waals surface area contributed by atoms with Gasteiger partial charge in [-0.2, -0.15) is 0 Å². The van der Waals surface area contributed by atoms with Crippen molar-refractivity contribution in [3.05, 3.63) is 23.8 Å². The van der Waals surface area contributed by atoms with E-state index in [0.29, 0.717) is 42.0 Å². The summed E-state index contributed by atoms with van der Waals surface area (Å²) < 4.78 is 5.38. The van der Waals surface area contributed by atoms with Gasteiger partial charge >= 0.3 is 6.03 Å². The van der Waals surface area contributed by atoms with Crippen molar-refractivity contribution in [2.75, 3.05) is 52.3 Å². The molecule has 0 saturated carbocycles. The summed E-state index contributed by atoms with van der Waals surface area (Å²) in [6.07, 6.45) is 0. The minimum absolute atomic E-state index is 0.000270. The summed E-state index contributed by atoms with van der Waals surface area (Å²) in [5.74, 6) is 1.02. The molecule has 7 nitrogen and oxygen atoms in total. The number of amides is 3. The third kappa shape index (κ3) is 3.28. The minimum Gasteiger partial charge on any atom is -0.495 e. The fraction of sp³-hybridized carbons (Fsp3) is 0.556. The predicted molar refractivity (Wildman–Crippen MR) is 96.3 cm³/mol. The van der Waals surface area contributed by atoms with Gasteiger partial charge < -0.3 is 19.9 Å². The zero-order valence-corrected chi connectivity index (χ0v) is 15.3. The first-order valence-electron chi connectivity index (χ1n) is 8.61. The fourth-order valence-electron chi connectivity index (χ4n) is 3.71. The molecule has 0 unspecified atom stereocenters. The first kappa shape index (κ1) is 17.5. The van der Waals surface area contributed by atoms with Gasteiger partial charge in [0.05, 0.1) is 12.8 Å². The molecule has 25 heavy (non-hydrogen) atoms. The zero-order valence-electron chi connectivity index (χ0n) is 15.3. The monoisotopic (exact) mass is 346 g/mol. The quantitative estimate of drug-likeness (QED) is 0.891. The standard InChI is InChI=1S/C18H26N4O3/c1-12-10-21(11-15(12)20(2)3)17(23)13-5-6-16(25-4)14(9-13)22-8-7-19-18(22)24/h5-6,9,12,15H,7-8,10-11H2,1-4H3,(H,19,24)/t12-,15+/m1/s1. The van der Waals surface area contributed by atoms with Crippen LogP contribution in [0.1, 0.15) is 17.3 Å². The van der Waals surface area contributed by atoms with Gasteiger partial charge in [0.15, 0.2) is 0 Å². The summed E-state index contributed by atoms with van der Waals surface area (Å²) in [5, 5.41) is 2.78. The Kier molecular flexibility index (Phi) is 4.85. The van der Waals surface area contributed by atoms with Gasteiger partial charge in [0.25, 0.3) is 5.91 Å². The fourth-order valence-corrected chi connectivity index (χ4v) is 3.71. The van der Waals surface area contributed by atoms with Crippen LogP contribution in [0.5, 0.6) is 5.75 Å². The molecule has 7 heteroatoms. The van der Waals surface area contributed by atoms with E-state index in [-0.39, 0.29) is 11.9 Å². The van der Waals surface area contributed by atoms with Crippen LogP contribution in [0.3, 0.4) is 0 Å². The molecule has 2 atom stereocenters. The van der Waals surface area contributed by atoms with Crippen molar-refractivity contribution in [3.8, 4) is 5.75 Å². The normalized spacial score (nSPS) is 23.3. The molecule has 136 valence electrons. The number of ether oxygens (including phenoxy) is 1. The minimum atomic E-state index is -0.162. The second-order valence-electron chi connectivity index (χ2n) is 6.99. The van der Waals surface area contributed by atoms with Crippen LogP contribution in [0, 0.1) is 5.92 Å². The topological polar surface area (TPSA) is 65.1 Å². The molecule has 0 bridgehead atoms. The molecule has 3 rings (SSSR count). The Bertz CT molecular complexity index is 676. The third-order valence-corrected chi connectivity index (χ3v) is 5.10. The largest absolute Gasteiger partial charge is 0.495 e. The average Bonchev–Trinajstić information content (AvgIpc) is 3.19. The summed E-state index contributed by atoms with van der Waals surface area (Å²) in [6, 6.07) is 5.50. The summed E-state index contributed by atoms with van der Waals surface area (Å²) >= 11 is 0. The lowest BCUT2D eigenvalue weighted by Crippen LogP contribution is -2.36. The number of hydrogen-bond acceptors (Lipinski definition) is 4. The molecule has 0 aliphatic carbocycles. The molecule has 2 saturated heterocycles. The number of anilines is 1. The maximum absolute atomic E-state index is 13.0. The first-order chi connectivity index (χ1) is 11.9. The van der Waals surface area contributed by atoms with E-state index in [9.17, 15) is 9.59 Å². The van der Waals surface area contributed by atoms with Gasteiger partial charge in [0.1, 0.15) is 5.75 Å². The Balaban J connectivity index is 1.85. The van der Waals surface area contributed by atoms with Gasteiger partial charge in [-0.05, 0) is 38.2 Å². The summed E-state index contributed by atoms with van der Waals surface area (Å²) in [6.45, 7) is 4.79. The van der Waals surface area contributed by atoms with Gasteiger partial charge in [-0.1, -0.05) is 6.92 Å². The number of nitrogens with one attached hydrogen (secondary N) is 1. The second-order valence-corrected chi connectivity index (χ2v) is 6.99. The van der Waals surface area contributed by atoms with Crippen molar-refractivity contribution >= 4 is 17.6 Å². The molecule has 0 spiro atoms. The number of benzene rings is 1. The molecule has 2 aliphatic rings. The number of hydrogen-bond donors (Lipinski definition) is 1. The average molecular weight is 346 g/mol. The molecule has 0 aromatic heterocycles. The Hall–Kier alpha value is -2.28. The molecule has 2 heterocycles. The maximum atomic E-state index is 13.0. The van der Waals surface area contributed by atoms with E-state index in [1.54, 1.807) is 30.2 Å². The number of likely N-dealkylation sites (tertiary alicyclic amines) is 1. The third-order valence-electron chi connectivity index (χ3n) is 5.10.